The lowest BCUT2D eigenvalue weighted by atomic mass is 9.70. The monoisotopic (exact) mass is 591 g/mol. The number of methoxy groups -OCH3 is 3. The first-order valence-electron chi connectivity index (χ1n) is 14.3. The second-order valence-corrected chi connectivity index (χ2v) is 10.6. The second kappa shape index (κ2) is 12.1. The molecule has 1 amide bonds. The summed E-state index contributed by atoms with van der Waals surface area (Å²) in [6, 6.07) is 19.5. The topological polar surface area (TPSA) is 133 Å². The molecule has 10 nitrogen and oxygen atoms in total. The Kier molecular flexibility index (Phi) is 8.52. The van der Waals surface area contributed by atoms with E-state index in [4.69, 9.17) is 23.7 Å². The lowest BCUT2D eigenvalue weighted by Gasteiger charge is -2.40. The normalized spacial score (nSPS) is 25.2. The maximum atomic E-state index is 14.0. The van der Waals surface area contributed by atoms with Crippen molar-refractivity contribution in [3.05, 3.63) is 83.4 Å². The Morgan fingerprint density at radius 1 is 0.953 bits per heavy atom. The molecular weight excluding hydrogens is 554 g/mol. The van der Waals surface area contributed by atoms with E-state index in [1.807, 2.05) is 30.3 Å². The average Bonchev–Trinajstić information content (AvgIpc) is 3.41. The fraction of sp³-hybridized carbons (Fsp3) is 0.394. The van der Waals surface area contributed by atoms with Gasteiger partial charge in [-0.1, -0.05) is 42.5 Å². The van der Waals surface area contributed by atoms with Gasteiger partial charge in [0.2, 0.25) is 5.91 Å². The number of amides is 1. The van der Waals surface area contributed by atoms with Gasteiger partial charge in [-0.15, -0.1) is 0 Å². The Hall–Kier alpha value is -4.28. The smallest absolute Gasteiger partial charge is 0.305 e. The number of rotatable bonds is 11. The third-order valence-corrected chi connectivity index (χ3v) is 8.42. The summed E-state index contributed by atoms with van der Waals surface area (Å²) in [6.07, 6.45) is -1.14. The second-order valence-electron chi connectivity index (χ2n) is 10.6. The Morgan fingerprint density at radius 2 is 1.65 bits per heavy atom. The van der Waals surface area contributed by atoms with Crippen LogP contribution in [0.15, 0.2) is 66.7 Å². The van der Waals surface area contributed by atoms with E-state index in [1.165, 1.54) is 14.2 Å². The van der Waals surface area contributed by atoms with Crippen molar-refractivity contribution in [2.75, 3.05) is 34.5 Å². The minimum absolute atomic E-state index is 0.138. The molecule has 1 fully saturated rings. The van der Waals surface area contributed by atoms with E-state index in [-0.39, 0.29) is 42.6 Å². The molecular formula is C33H37NO9. The maximum Gasteiger partial charge on any atom is 0.305 e. The maximum absolute atomic E-state index is 14.0. The van der Waals surface area contributed by atoms with Crippen LogP contribution in [0.25, 0.3) is 0 Å². The molecule has 1 heterocycles. The SMILES string of the molecule is CCOC(=O)CCCNC(=O)[C@H]1[C@@H](O)[C@@]2(O)c3c(OC)cc(OC)cc3O[C@@]2(c2ccc(OC)cc2)[C@@H]1c1ccccc1. The zero-order valence-electron chi connectivity index (χ0n) is 24.7. The zero-order valence-corrected chi connectivity index (χ0v) is 24.7. The summed E-state index contributed by atoms with van der Waals surface area (Å²) in [5.74, 6) is -1.33. The highest BCUT2D eigenvalue weighted by atomic mass is 16.5. The van der Waals surface area contributed by atoms with Gasteiger partial charge in [0.15, 0.2) is 11.2 Å². The van der Waals surface area contributed by atoms with Crippen LogP contribution >= 0.6 is 0 Å². The van der Waals surface area contributed by atoms with Crippen LogP contribution in [0.3, 0.4) is 0 Å². The van der Waals surface area contributed by atoms with Gasteiger partial charge in [-0.2, -0.15) is 0 Å². The van der Waals surface area contributed by atoms with E-state index in [9.17, 15) is 19.8 Å². The minimum atomic E-state index is -2.14. The summed E-state index contributed by atoms with van der Waals surface area (Å²) in [7, 11) is 4.52. The number of nitrogens with one attached hydrogen (secondary N) is 1. The molecule has 0 aromatic heterocycles. The van der Waals surface area contributed by atoms with E-state index in [0.29, 0.717) is 29.0 Å². The van der Waals surface area contributed by atoms with Crippen LogP contribution in [0.5, 0.6) is 23.0 Å². The Balaban J connectivity index is 1.68. The predicted molar refractivity (Wildman–Crippen MR) is 156 cm³/mol. The molecule has 43 heavy (non-hydrogen) atoms. The fourth-order valence-electron chi connectivity index (χ4n) is 6.59. The number of hydrogen-bond acceptors (Lipinski definition) is 9. The van der Waals surface area contributed by atoms with Crippen molar-refractivity contribution < 1.29 is 43.5 Å². The van der Waals surface area contributed by atoms with Crippen molar-refractivity contribution in [2.45, 2.75) is 43.0 Å². The van der Waals surface area contributed by atoms with Gasteiger partial charge in [0, 0.05) is 31.0 Å². The molecule has 3 aromatic carbocycles. The molecule has 1 aliphatic heterocycles. The minimum Gasteiger partial charge on any atom is -0.497 e. The number of aliphatic hydroxyl groups is 2. The first-order chi connectivity index (χ1) is 20.8. The van der Waals surface area contributed by atoms with Crippen LogP contribution in [-0.2, 0) is 25.5 Å². The van der Waals surface area contributed by atoms with Crippen LogP contribution in [0.4, 0.5) is 0 Å². The third kappa shape index (κ3) is 4.84. The van der Waals surface area contributed by atoms with Crippen molar-refractivity contribution in [1.82, 2.24) is 5.32 Å². The number of carbonyl (C=O) groups excluding carboxylic acids is 2. The van der Waals surface area contributed by atoms with Gasteiger partial charge in [-0.25, -0.2) is 0 Å². The third-order valence-electron chi connectivity index (χ3n) is 8.42. The lowest BCUT2D eigenvalue weighted by molar-refractivity contribution is -0.154. The highest BCUT2D eigenvalue weighted by molar-refractivity contribution is 5.83. The number of hydrogen-bond donors (Lipinski definition) is 3. The van der Waals surface area contributed by atoms with Gasteiger partial charge in [-0.05, 0) is 36.6 Å². The highest BCUT2D eigenvalue weighted by Gasteiger charge is 2.78. The summed E-state index contributed by atoms with van der Waals surface area (Å²) in [6.45, 7) is 2.19. The van der Waals surface area contributed by atoms with Crippen molar-refractivity contribution in [3.8, 4) is 23.0 Å². The summed E-state index contributed by atoms with van der Waals surface area (Å²) in [5, 5.41) is 28.0. The Morgan fingerprint density at radius 3 is 2.28 bits per heavy atom. The molecule has 5 atom stereocenters. The average molecular weight is 592 g/mol. The van der Waals surface area contributed by atoms with Crippen LogP contribution < -0.4 is 24.3 Å². The zero-order chi connectivity index (χ0) is 30.8. The van der Waals surface area contributed by atoms with E-state index in [2.05, 4.69) is 5.32 Å². The van der Waals surface area contributed by atoms with Crippen molar-refractivity contribution in [1.29, 1.82) is 0 Å². The molecule has 0 radical (unpaired) electrons. The van der Waals surface area contributed by atoms with Crippen LogP contribution in [0, 0.1) is 5.92 Å². The summed E-state index contributed by atoms with van der Waals surface area (Å²) in [5.41, 5.74) is -2.38. The molecule has 0 bridgehead atoms. The quantitative estimate of drug-likeness (QED) is 0.227. The van der Waals surface area contributed by atoms with Gasteiger partial charge >= 0.3 is 5.97 Å². The predicted octanol–water partition coefficient (Wildman–Crippen LogP) is 3.42. The van der Waals surface area contributed by atoms with Gasteiger partial charge in [0.1, 0.15) is 29.1 Å². The van der Waals surface area contributed by atoms with Crippen LogP contribution in [-0.4, -0.2) is 62.7 Å². The molecule has 0 unspecified atom stereocenters. The van der Waals surface area contributed by atoms with Crippen LogP contribution in [0.2, 0.25) is 0 Å². The summed E-state index contributed by atoms with van der Waals surface area (Å²) in [4.78, 5) is 25.8. The fourth-order valence-corrected chi connectivity index (χ4v) is 6.59. The summed E-state index contributed by atoms with van der Waals surface area (Å²) < 4.78 is 28.4. The number of esters is 1. The van der Waals surface area contributed by atoms with E-state index < -0.39 is 35.0 Å². The van der Waals surface area contributed by atoms with Crippen LogP contribution in [0.1, 0.15) is 42.4 Å². The lowest BCUT2D eigenvalue weighted by Crippen LogP contribution is -2.52. The number of fused-ring (bicyclic) bond motifs is 3. The Labute approximate surface area is 250 Å². The van der Waals surface area contributed by atoms with Gasteiger partial charge in [-0.3, -0.25) is 9.59 Å². The Bertz CT molecular complexity index is 1460. The van der Waals surface area contributed by atoms with E-state index in [0.717, 1.165) is 0 Å². The first kappa shape index (κ1) is 30.2. The standard InChI is InChI=1S/C33H37NO9/c1-5-42-26(35)12-9-17-34-31(37)27-28(20-10-7-6-8-11-20)33(21-13-15-22(39-2)16-14-21)32(38,30(27)36)29-24(41-4)18-23(40-3)19-25(29)43-33/h6-8,10-11,13-16,18-19,27-28,30,36,38H,5,9,12,17H2,1-4H3,(H,34,37)/t27-,28-,30-,32+,33+/m1/s1. The molecule has 1 aliphatic carbocycles. The number of carbonyl (C=O) groups is 2. The molecule has 0 spiro atoms. The molecule has 1 saturated carbocycles. The summed E-state index contributed by atoms with van der Waals surface area (Å²) >= 11 is 0. The largest absolute Gasteiger partial charge is 0.497 e. The van der Waals surface area contributed by atoms with Crippen molar-refractivity contribution in [2.24, 2.45) is 5.92 Å². The first-order valence-corrected chi connectivity index (χ1v) is 14.3. The van der Waals surface area contributed by atoms with Gasteiger partial charge < -0.3 is 39.2 Å². The molecule has 3 aromatic rings. The van der Waals surface area contributed by atoms with Crippen molar-refractivity contribution in [3.63, 3.8) is 0 Å². The molecule has 5 rings (SSSR count). The number of ether oxygens (including phenoxy) is 5. The molecule has 10 heteroatoms. The molecule has 228 valence electrons. The molecule has 2 aliphatic rings. The van der Waals surface area contributed by atoms with Gasteiger partial charge in [0.05, 0.1) is 39.4 Å². The highest BCUT2D eigenvalue weighted by Crippen LogP contribution is 2.70. The van der Waals surface area contributed by atoms with E-state index >= 15 is 0 Å². The molecule has 3 N–H and O–H groups in total. The number of benzene rings is 3. The molecule has 0 saturated heterocycles. The van der Waals surface area contributed by atoms with Gasteiger partial charge in [0.25, 0.3) is 0 Å². The van der Waals surface area contributed by atoms with E-state index in [1.54, 1.807) is 50.4 Å². The number of aliphatic hydroxyl groups excluding tert-OH is 1. The van der Waals surface area contributed by atoms with Crippen molar-refractivity contribution >= 4 is 11.9 Å².